The number of benzene rings is 2. The van der Waals surface area contributed by atoms with Gasteiger partial charge in [0.2, 0.25) is 17.7 Å². The van der Waals surface area contributed by atoms with Gasteiger partial charge >= 0.3 is 0 Å². The molecule has 0 radical (unpaired) electrons. The number of halogens is 2. The maximum Gasteiger partial charge on any atom is 0.244 e. The molecule has 2 rings (SSSR count). The zero-order valence-electron chi connectivity index (χ0n) is 15.1. The van der Waals surface area contributed by atoms with Crippen molar-refractivity contribution < 1.29 is 14.4 Å². The highest BCUT2D eigenvalue weighted by Gasteiger charge is 2.14. The van der Waals surface area contributed by atoms with Gasteiger partial charge in [0.25, 0.3) is 0 Å². The number of carbonyl (C=O) groups is 3. The quantitative estimate of drug-likeness (QED) is 0.676. The lowest BCUT2D eigenvalue weighted by Crippen LogP contribution is -2.41. The summed E-state index contributed by atoms with van der Waals surface area (Å²) in [5, 5.41) is 5.81. The van der Waals surface area contributed by atoms with E-state index in [2.05, 4.69) is 10.6 Å². The van der Waals surface area contributed by atoms with Crippen molar-refractivity contribution in [2.75, 3.05) is 25.5 Å². The topological polar surface area (TPSA) is 78.5 Å². The third kappa shape index (κ3) is 7.06. The summed E-state index contributed by atoms with van der Waals surface area (Å²) in [6.45, 7) is -0.386. The zero-order chi connectivity index (χ0) is 20.5. The Morgan fingerprint density at radius 1 is 1.04 bits per heavy atom. The molecular formula is C20H19Cl2N3O3. The fraction of sp³-hybridized carbons (Fsp3) is 0.150. The van der Waals surface area contributed by atoms with Crippen molar-refractivity contribution in [1.82, 2.24) is 10.2 Å². The van der Waals surface area contributed by atoms with Gasteiger partial charge in [-0.2, -0.15) is 0 Å². The average molecular weight is 420 g/mol. The molecule has 0 atom stereocenters. The minimum Gasteiger partial charge on any atom is -0.343 e. The van der Waals surface area contributed by atoms with Crippen LogP contribution < -0.4 is 10.6 Å². The standard InChI is InChI=1S/C20H19Cl2N3O3/c1-25(13-19(27)24-15-8-9-16(21)17(22)11-15)20(28)12-23-18(26)10-7-14-5-3-2-4-6-14/h2-11H,12-13H2,1H3,(H,23,26)(H,24,27)/b10-7+. The molecular weight excluding hydrogens is 401 g/mol. The van der Waals surface area contributed by atoms with Crippen LogP contribution in [0.4, 0.5) is 5.69 Å². The van der Waals surface area contributed by atoms with Crippen LogP contribution in [-0.4, -0.2) is 42.8 Å². The number of nitrogens with zero attached hydrogens (tertiary/aromatic N) is 1. The first kappa shape index (κ1) is 21.5. The first-order chi connectivity index (χ1) is 13.3. The summed E-state index contributed by atoms with van der Waals surface area (Å²) in [5.41, 5.74) is 1.35. The molecule has 0 saturated carbocycles. The Hall–Kier alpha value is -2.83. The van der Waals surface area contributed by atoms with Gasteiger partial charge in [-0.15, -0.1) is 0 Å². The number of likely N-dealkylation sites (N-methyl/N-ethyl adjacent to an activating group) is 1. The summed E-state index contributed by atoms with van der Waals surface area (Å²) >= 11 is 11.7. The van der Waals surface area contributed by atoms with Crippen LogP contribution in [0.2, 0.25) is 10.0 Å². The minimum atomic E-state index is -0.399. The van der Waals surface area contributed by atoms with Crippen LogP contribution in [0, 0.1) is 0 Å². The largest absolute Gasteiger partial charge is 0.343 e. The minimum absolute atomic E-state index is 0.172. The molecule has 6 nitrogen and oxygen atoms in total. The van der Waals surface area contributed by atoms with Crippen LogP contribution in [0.3, 0.4) is 0 Å². The fourth-order valence-corrected chi connectivity index (χ4v) is 2.47. The number of carbonyl (C=O) groups excluding carboxylic acids is 3. The second-order valence-electron chi connectivity index (χ2n) is 5.89. The number of anilines is 1. The van der Waals surface area contributed by atoms with Crippen molar-refractivity contribution in [2.45, 2.75) is 0 Å². The van der Waals surface area contributed by atoms with Crippen molar-refractivity contribution >= 4 is 52.7 Å². The van der Waals surface area contributed by atoms with Crippen LogP contribution >= 0.6 is 23.2 Å². The first-order valence-corrected chi connectivity index (χ1v) is 9.10. The Kier molecular flexibility index (Phi) is 8.04. The molecule has 0 aliphatic carbocycles. The van der Waals surface area contributed by atoms with Crippen LogP contribution in [0.5, 0.6) is 0 Å². The molecule has 146 valence electrons. The molecule has 0 spiro atoms. The highest BCUT2D eigenvalue weighted by atomic mass is 35.5. The Bertz CT molecular complexity index is 886. The monoisotopic (exact) mass is 419 g/mol. The van der Waals surface area contributed by atoms with E-state index in [1.807, 2.05) is 30.3 Å². The van der Waals surface area contributed by atoms with Gasteiger partial charge in [-0.25, -0.2) is 0 Å². The fourth-order valence-electron chi connectivity index (χ4n) is 2.17. The predicted octanol–water partition coefficient (Wildman–Crippen LogP) is 3.22. The lowest BCUT2D eigenvalue weighted by Gasteiger charge is -2.17. The molecule has 2 aromatic rings. The van der Waals surface area contributed by atoms with E-state index in [4.69, 9.17) is 23.2 Å². The number of amides is 3. The molecule has 0 aliphatic heterocycles. The first-order valence-electron chi connectivity index (χ1n) is 8.35. The van der Waals surface area contributed by atoms with E-state index in [1.54, 1.807) is 18.2 Å². The molecule has 0 bridgehead atoms. The molecule has 0 aromatic heterocycles. The van der Waals surface area contributed by atoms with Gasteiger partial charge in [0.1, 0.15) is 0 Å². The van der Waals surface area contributed by atoms with Gasteiger partial charge in [-0.3, -0.25) is 14.4 Å². The maximum atomic E-state index is 12.1. The summed E-state index contributed by atoms with van der Waals surface area (Å²) in [6.07, 6.45) is 2.99. The lowest BCUT2D eigenvalue weighted by atomic mass is 10.2. The summed E-state index contributed by atoms with van der Waals surface area (Å²) in [4.78, 5) is 37.1. The predicted molar refractivity (Wildman–Crippen MR) is 111 cm³/mol. The molecule has 3 amide bonds. The van der Waals surface area contributed by atoms with Gasteiger partial charge in [0.15, 0.2) is 0 Å². The van der Waals surface area contributed by atoms with Gasteiger partial charge in [-0.1, -0.05) is 53.5 Å². The number of rotatable bonds is 7. The third-order valence-corrected chi connectivity index (χ3v) is 4.39. The maximum absolute atomic E-state index is 12.1. The van der Waals surface area contributed by atoms with Crippen molar-refractivity contribution in [3.8, 4) is 0 Å². The van der Waals surface area contributed by atoms with Crippen molar-refractivity contribution in [1.29, 1.82) is 0 Å². The normalized spacial score (nSPS) is 10.5. The van der Waals surface area contributed by atoms with Crippen LogP contribution in [0.15, 0.2) is 54.6 Å². The molecule has 0 heterocycles. The zero-order valence-corrected chi connectivity index (χ0v) is 16.6. The summed E-state index contributed by atoms with van der Waals surface area (Å²) in [5.74, 6) is -1.19. The number of hydrogen-bond acceptors (Lipinski definition) is 3. The van der Waals surface area contributed by atoms with E-state index in [-0.39, 0.29) is 13.1 Å². The Balaban J connectivity index is 1.77. The van der Waals surface area contributed by atoms with E-state index >= 15 is 0 Å². The summed E-state index contributed by atoms with van der Waals surface area (Å²) in [7, 11) is 1.47. The molecule has 0 unspecified atom stereocenters. The van der Waals surface area contributed by atoms with Gasteiger partial charge < -0.3 is 15.5 Å². The second kappa shape index (κ2) is 10.5. The van der Waals surface area contributed by atoms with Crippen molar-refractivity contribution in [2.24, 2.45) is 0 Å². The third-order valence-electron chi connectivity index (χ3n) is 3.65. The van der Waals surface area contributed by atoms with E-state index < -0.39 is 17.7 Å². The van der Waals surface area contributed by atoms with Gasteiger partial charge in [0, 0.05) is 18.8 Å². The highest BCUT2D eigenvalue weighted by Crippen LogP contribution is 2.24. The van der Waals surface area contributed by atoms with E-state index in [9.17, 15) is 14.4 Å². The molecule has 2 aromatic carbocycles. The molecule has 0 aliphatic rings. The van der Waals surface area contributed by atoms with E-state index in [0.29, 0.717) is 15.7 Å². The Morgan fingerprint density at radius 3 is 2.43 bits per heavy atom. The van der Waals surface area contributed by atoms with E-state index in [0.717, 1.165) is 5.56 Å². The smallest absolute Gasteiger partial charge is 0.244 e. The van der Waals surface area contributed by atoms with Crippen molar-refractivity contribution in [3.63, 3.8) is 0 Å². The van der Waals surface area contributed by atoms with Crippen molar-refractivity contribution in [3.05, 3.63) is 70.2 Å². The molecule has 28 heavy (non-hydrogen) atoms. The highest BCUT2D eigenvalue weighted by molar-refractivity contribution is 6.42. The molecule has 0 saturated heterocycles. The second-order valence-corrected chi connectivity index (χ2v) is 6.70. The number of nitrogens with one attached hydrogen (secondary N) is 2. The average Bonchev–Trinajstić information content (AvgIpc) is 2.68. The summed E-state index contributed by atoms with van der Waals surface area (Å²) in [6, 6.07) is 14.0. The van der Waals surface area contributed by atoms with Gasteiger partial charge in [0.05, 0.1) is 23.1 Å². The van der Waals surface area contributed by atoms with Crippen LogP contribution in [-0.2, 0) is 14.4 Å². The molecule has 0 fully saturated rings. The SMILES string of the molecule is CN(CC(=O)Nc1ccc(Cl)c(Cl)c1)C(=O)CNC(=O)/C=C/c1ccccc1. The lowest BCUT2D eigenvalue weighted by molar-refractivity contribution is -0.133. The molecule has 8 heteroatoms. The van der Waals surface area contributed by atoms with Crippen LogP contribution in [0.25, 0.3) is 6.08 Å². The Labute approximate surface area is 173 Å². The Morgan fingerprint density at radius 2 is 1.75 bits per heavy atom. The van der Waals surface area contributed by atoms with Gasteiger partial charge in [-0.05, 0) is 29.8 Å². The summed E-state index contributed by atoms with van der Waals surface area (Å²) < 4.78 is 0. The number of hydrogen-bond donors (Lipinski definition) is 2. The van der Waals surface area contributed by atoms with Crippen LogP contribution in [0.1, 0.15) is 5.56 Å². The molecule has 2 N–H and O–H groups in total. The van der Waals surface area contributed by atoms with E-state index in [1.165, 1.54) is 24.1 Å².